The Hall–Kier alpha value is -2.31. The number of H-pyrrole nitrogens is 1. The molecule has 0 unspecified atom stereocenters. The number of hydrogen-bond acceptors (Lipinski definition) is 4. The average molecular weight is 488 g/mol. The molecule has 0 atom stereocenters. The highest BCUT2D eigenvalue weighted by Gasteiger charge is 2.40. The number of halogens is 2. The van der Waals surface area contributed by atoms with Crippen molar-refractivity contribution in [1.82, 2.24) is 20.3 Å². The first-order chi connectivity index (χ1) is 15.6. The zero-order valence-electron chi connectivity index (χ0n) is 19.6. The lowest BCUT2D eigenvalue weighted by Gasteiger charge is -2.47. The van der Waals surface area contributed by atoms with Crippen molar-refractivity contribution in [3.8, 4) is 0 Å². The number of hydrogen-bond donors (Lipinski definition) is 3. The number of aromatic nitrogens is 3. The molecule has 0 aliphatic heterocycles. The average Bonchev–Trinajstić information content (AvgIpc) is 3.17. The minimum atomic E-state index is -0.119. The van der Waals surface area contributed by atoms with Gasteiger partial charge in [0.1, 0.15) is 0 Å². The molecule has 1 saturated carbocycles. The lowest BCUT2D eigenvalue weighted by Crippen LogP contribution is -2.39. The summed E-state index contributed by atoms with van der Waals surface area (Å²) in [6, 6.07) is 7.03. The van der Waals surface area contributed by atoms with Crippen molar-refractivity contribution in [2.75, 3.05) is 11.9 Å². The third-order valence-corrected chi connectivity index (χ3v) is 8.01. The molecule has 0 spiro atoms. The fourth-order valence-corrected chi connectivity index (χ4v) is 4.92. The lowest BCUT2D eigenvalue weighted by molar-refractivity contribution is 0.0409. The van der Waals surface area contributed by atoms with Crippen LogP contribution in [0.5, 0.6) is 0 Å². The van der Waals surface area contributed by atoms with Crippen LogP contribution in [0, 0.1) is 16.7 Å². The van der Waals surface area contributed by atoms with E-state index >= 15 is 0 Å². The van der Waals surface area contributed by atoms with Gasteiger partial charge in [0.15, 0.2) is 5.65 Å². The molecule has 6 nitrogen and oxygen atoms in total. The van der Waals surface area contributed by atoms with E-state index < -0.39 is 0 Å². The number of benzene rings is 1. The van der Waals surface area contributed by atoms with E-state index in [0.717, 1.165) is 12.8 Å². The van der Waals surface area contributed by atoms with Crippen LogP contribution in [0.25, 0.3) is 11.2 Å². The number of aromatic amines is 1. The summed E-state index contributed by atoms with van der Waals surface area (Å²) in [5.74, 6) is 0.852. The molecule has 1 aliphatic carbocycles. The molecule has 1 aliphatic rings. The number of carbonyl (C=O) groups is 1. The Morgan fingerprint density at radius 1 is 1.21 bits per heavy atom. The van der Waals surface area contributed by atoms with E-state index in [-0.39, 0.29) is 5.91 Å². The van der Waals surface area contributed by atoms with Crippen molar-refractivity contribution in [3.05, 3.63) is 46.1 Å². The number of para-hydroxylation sites is 1. The van der Waals surface area contributed by atoms with Crippen molar-refractivity contribution in [3.63, 3.8) is 0 Å². The maximum Gasteiger partial charge on any atom is 0.252 e. The molecule has 0 bridgehead atoms. The molecule has 2 heterocycles. The Morgan fingerprint density at radius 2 is 1.88 bits per heavy atom. The number of nitrogens with zero attached hydrogens (tertiary/aromatic N) is 2. The Labute approximate surface area is 204 Å². The van der Waals surface area contributed by atoms with Gasteiger partial charge in [-0.15, -0.1) is 0 Å². The van der Waals surface area contributed by atoms with Crippen LogP contribution < -0.4 is 10.6 Å². The molecule has 1 aromatic carbocycles. The molecule has 3 N–H and O–H groups in total. The molecule has 4 rings (SSSR count). The van der Waals surface area contributed by atoms with Gasteiger partial charge in [0.2, 0.25) is 5.95 Å². The second-order valence-electron chi connectivity index (χ2n) is 10.4. The summed E-state index contributed by atoms with van der Waals surface area (Å²) >= 11 is 12.4. The summed E-state index contributed by atoms with van der Waals surface area (Å²) in [5.41, 5.74) is 2.90. The minimum Gasteiger partial charge on any atom is -0.352 e. The lowest BCUT2D eigenvalue weighted by atomic mass is 9.59. The zero-order valence-corrected chi connectivity index (χ0v) is 21.1. The van der Waals surface area contributed by atoms with Gasteiger partial charge in [-0.2, -0.15) is 4.98 Å². The summed E-state index contributed by atoms with van der Waals surface area (Å²) in [5, 5.41) is 7.17. The quantitative estimate of drug-likeness (QED) is 0.362. The van der Waals surface area contributed by atoms with Gasteiger partial charge in [0, 0.05) is 12.7 Å². The molecular weight excluding hydrogens is 457 g/mol. The molecular formula is C25H31Cl2N5O. The Kier molecular flexibility index (Phi) is 6.61. The van der Waals surface area contributed by atoms with Crippen LogP contribution in [-0.2, 0) is 0 Å². The van der Waals surface area contributed by atoms with Crippen LogP contribution in [-0.4, -0.2) is 27.4 Å². The molecule has 8 heteroatoms. The fourth-order valence-electron chi connectivity index (χ4n) is 4.43. The summed E-state index contributed by atoms with van der Waals surface area (Å²) in [7, 11) is 0. The Bertz CT molecular complexity index is 1140. The highest BCUT2D eigenvalue weighted by molar-refractivity contribution is 6.39. The molecule has 2 aromatic heterocycles. The van der Waals surface area contributed by atoms with E-state index in [2.05, 4.69) is 53.3 Å². The summed E-state index contributed by atoms with van der Waals surface area (Å²) < 4.78 is 0. The smallest absolute Gasteiger partial charge is 0.252 e. The van der Waals surface area contributed by atoms with Gasteiger partial charge in [-0.25, -0.2) is 4.98 Å². The number of imidazole rings is 1. The largest absolute Gasteiger partial charge is 0.352 e. The summed E-state index contributed by atoms with van der Waals surface area (Å²) in [6.07, 6.45) is 6.24. The van der Waals surface area contributed by atoms with Gasteiger partial charge in [0.05, 0.1) is 26.8 Å². The van der Waals surface area contributed by atoms with Crippen molar-refractivity contribution < 1.29 is 4.79 Å². The van der Waals surface area contributed by atoms with Gasteiger partial charge in [0.25, 0.3) is 5.91 Å². The number of carbonyl (C=O) groups excluding carboxylic acids is 1. The molecule has 33 heavy (non-hydrogen) atoms. The topological polar surface area (TPSA) is 82.7 Å². The number of anilines is 2. The maximum absolute atomic E-state index is 12.8. The van der Waals surface area contributed by atoms with Crippen LogP contribution in [0.15, 0.2) is 30.5 Å². The van der Waals surface area contributed by atoms with Gasteiger partial charge < -0.3 is 15.6 Å². The highest BCUT2D eigenvalue weighted by atomic mass is 35.5. The van der Waals surface area contributed by atoms with Crippen molar-refractivity contribution in [1.29, 1.82) is 0 Å². The molecule has 176 valence electrons. The summed E-state index contributed by atoms with van der Waals surface area (Å²) in [6.45, 7) is 10.1. The van der Waals surface area contributed by atoms with E-state index in [1.54, 1.807) is 30.5 Å². The van der Waals surface area contributed by atoms with E-state index in [9.17, 15) is 4.79 Å². The number of fused-ring (bicyclic) bond motifs is 1. The van der Waals surface area contributed by atoms with Crippen LogP contribution >= 0.6 is 23.2 Å². The fraction of sp³-hybridized carbons (Fsp3) is 0.480. The van der Waals surface area contributed by atoms with Crippen LogP contribution in [0.1, 0.15) is 63.7 Å². The Morgan fingerprint density at radius 3 is 2.52 bits per heavy atom. The summed E-state index contributed by atoms with van der Waals surface area (Å²) in [4.78, 5) is 24.7. The predicted octanol–water partition coefficient (Wildman–Crippen LogP) is 6.98. The van der Waals surface area contributed by atoms with Crippen molar-refractivity contribution in [2.45, 2.75) is 53.4 Å². The molecule has 0 radical (unpaired) electrons. The predicted molar refractivity (Wildman–Crippen MR) is 135 cm³/mol. The molecule has 1 amide bonds. The first kappa shape index (κ1) is 23.8. The number of amides is 1. The van der Waals surface area contributed by atoms with E-state index in [1.165, 1.54) is 12.8 Å². The zero-order chi connectivity index (χ0) is 23.8. The second-order valence-corrected chi connectivity index (χ2v) is 11.2. The van der Waals surface area contributed by atoms with E-state index in [0.29, 0.717) is 61.7 Å². The normalized spacial score (nSPS) is 21.2. The first-order valence-electron chi connectivity index (χ1n) is 11.4. The minimum absolute atomic E-state index is 0.119. The van der Waals surface area contributed by atoms with Gasteiger partial charge in [-0.05, 0) is 60.6 Å². The highest BCUT2D eigenvalue weighted by Crippen LogP contribution is 2.50. The van der Waals surface area contributed by atoms with Crippen molar-refractivity contribution in [2.24, 2.45) is 16.7 Å². The third-order valence-electron chi connectivity index (χ3n) is 7.38. The number of pyridine rings is 1. The standard InChI is InChI=1S/C25H31Cl2N5O/c1-24(2,3)25(4)10-8-15(9-11-25)13-29-22(33)16-12-19-21(28-14-16)32-23(30-19)31-20-17(26)6-5-7-18(20)27/h5-7,12,14-15H,8-11,13H2,1-4H3,(H,29,33)(H2,28,30,31,32). The molecule has 0 saturated heterocycles. The third kappa shape index (κ3) is 5.12. The van der Waals surface area contributed by atoms with Gasteiger partial charge in [-0.3, -0.25) is 4.79 Å². The van der Waals surface area contributed by atoms with Crippen molar-refractivity contribution >= 4 is 51.9 Å². The van der Waals surface area contributed by atoms with Crippen LogP contribution in [0.4, 0.5) is 11.6 Å². The van der Waals surface area contributed by atoms with E-state index in [4.69, 9.17) is 23.2 Å². The monoisotopic (exact) mass is 487 g/mol. The Balaban J connectivity index is 1.38. The number of nitrogens with one attached hydrogen (secondary N) is 3. The van der Waals surface area contributed by atoms with E-state index in [1.807, 2.05) is 0 Å². The van der Waals surface area contributed by atoms with Crippen LogP contribution in [0.3, 0.4) is 0 Å². The second kappa shape index (κ2) is 9.15. The number of rotatable bonds is 5. The van der Waals surface area contributed by atoms with Crippen LogP contribution in [0.2, 0.25) is 10.0 Å². The molecule has 3 aromatic rings. The SMILES string of the molecule is CC(C)(C)C1(C)CCC(CNC(=O)c2cnc3nc(Nc4c(Cl)cccc4Cl)[nH]c3c2)CC1. The first-order valence-corrected chi connectivity index (χ1v) is 12.2. The maximum atomic E-state index is 12.8. The van der Waals surface area contributed by atoms with Gasteiger partial charge >= 0.3 is 0 Å². The molecule has 1 fully saturated rings. The van der Waals surface area contributed by atoms with Gasteiger partial charge in [-0.1, -0.05) is 57.0 Å².